The van der Waals surface area contributed by atoms with Gasteiger partial charge in [0.2, 0.25) is 0 Å². The van der Waals surface area contributed by atoms with Crippen molar-refractivity contribution in [3.63, 3.8) is 0 Å². The van der Waals surface area contributed by atoms with E-state index in [2.05, 4.69) is 5.32 Å². The molecule has 2 atom stereocenters. The minimum absolute atomic E-state index is 0.169. The molecule has 0 saturated heterocycles. The molecule has 1 aliphatic heterocycles. The van der Waals surface area contributed by atoms with Crippen molar-refractivity contribution in [2.24, 2.45) is 0 Å². The molecule has 2 rings (SSSR count). The molecule has 0 fully saturated rings. The molecule has 1 unspecified atom stereocenters. The topological polar surface area (TPSA) is 84.9 Å². The maximum atomic E-state index is 11.5. The molecular weight excluding hydrogens is 286 g/mol. The van der Waals surface area contributed by atoms with E-state index in [1.54, 1.807) is 0 Å². The average molecular weight is 305 g/mol. The lowest BCUT2D eigenvalue weighted by Crippen LogP contribution is -2.33. The Bertz CT molecular complexity index is 529. The van der Waals surface area contributed by atoms with E-state index in [0.717, 1.165) is 5.56 Å². The Morgan fingerprint density at radius 1 is 1.32 bits per heavy atom. The number of carbonyl (C=O) groups excluding carboxylic acids is 2. The van der Waals surface area contributed by atoms with Crippen LogP contribution in [0.3, 0.4) is 0 Å². The molecule has 2 N–H and O–H groups in total. The van der Waals surface area contributed by atoms with Crippen molar-refractivity contribution in [2.45, 2.75) is 31.8 Å². The van der Waals surface area contributed by atoms with E-state index >= 15 is 0 Å². The number of alkyl carbamates (subject to hydrolysis) is 1. The zero-order chi connectivity index (χ0) is 15.8. The van der Waals surface area contributed by atoms with Gasteiger partial charge in [0.25, 0.3) is 0 Å². The summed E-state index contributed by atoms with van der Waals surface area (Å²) in [5, 5.41) is 11.9. The van der Waals surface area contributed by atoms with Gasteiger partial charge in [-0.1, -0.05) is 30.3 Å². The number of ketones is 1. The summed E-state index contributed by atoms with van der Waals surface area (Å²) in [4.78, 5) is 23.0. The van der Waals surface area contributed by atoms with E-state index in [9.17, 15) is 14.7 Å². The molecule has 1 heterocycles. The minimum Gasteiger partial charge on any atom is -0.445 e. The molecule has 0 aliphatic carbocycles. The van der Waals surface area contributed by atoms with Crippen LogP contribution in [0.1, 0.15) is 18.4 Å². The molecule has 1 aromatic carbocycles. The number of ether oxygens (including phenoxy) is 2. The Hall–Kier alpha value is -2.18. The highest BCUT2D eigenvalue weighted by atomic mass is 16.6. The Kier molecular flexibility index (Phi) is 6.12. The highest BCUT2D eigenvalue weighted by Gasteiger charge is 2.23. The first-order valence-corrected chi connectivity index (χ1v) is 7.15. The zero-order valence-electron chi connectivity index (χ0n) is 12.1. The summed E-state index contributed by atoms with van der Waals surface area (Å²) in [7, 11) is 0. The standard InChI is InChI=1S/C16H19NO5/c18-13-8-9-15(19)22-14(13)7-4-10-17-16(20)21-11-12-5-2-1-3-6-12/h1-3,5-6,8-9,14-15,19H,4,7,10-11H2,(H,17,20)/t14-,15?/m1/s1. The third kappa shape index (κ3) is 5.31. The summed E-state index contributed by atoms with van der Waals surface area (Å²) >= 11 is 0. The van der Waals surface area contributed by atoms with Crippen LogP contribution in [-0.4, -0.2) is 35.9 Å². The van der Waals surface area contributed by atoms with Gasteiger partial charge in [-0.25, -0.2) is 4.79 Å². The fourth-order valence-electron chi connectivity index (χ4n) is 2.03. The highest BCUT2D eigenvalue weighted by Crippen LogP contribution is 2.12. The molecule has 0 aromatic heterocycles. The predicted molar refractivity (Wildman–Crippen MR) is 78.9 cm³/mol. The molecule has 6 heteroatoms. The van der Waals surface area contributed by atoms with Crippen LogP contribution in [0.4, 0.5) is 4.79 Å². The largest absolute Gasteiger partial charge is 0.445 e. The maximum absolute atomic E-state index is 11.5. The van der Waals surface area contributed by atoms with Crippen molar-refractivity contribution in [1.82, 2.24) is 5.32 Å². The van der Waals surface area contributed by atoms with Gasteiger partial charge in [-0.2, -0.15) is 0 Å². The number of rotatable bonds is 6. The molecule has 0 saturated carbocycles. The molecule has 0 spiro atoms. The van der Waals surface area contributed by atoms with Crippen molar-refractivity contribution >= 4 is 11.9 Å². The van der Waals surface area contributed by atoms with Crippen molar-refractivity contribution in [2.75, 3.05) is 6.54 Å². The molecule has 118 valence electrons. The quantitative estimate of drug-likeness (QED) is 0.779. The van der Waals surface area contributed by atoms with Crippen molar-refractivity contribution in [3.8, 4) is 0 Å². The van der Waals surface area contributed by atoms with Crippen LogP contribution >= 0.6 is 0 Å². The predicted octanol–water partition coefficient (Wildman–Crippen LogP) is 1.54. The lowest BCUT2D eigenvalue weighted by atomic mass is 10.1. The number of amides is 1. The van der Waals surface area contributed by atoms with Gasteiger partial charge in [0.15, 0.2) is 12.1 Å². The monoisotopic (exact) mass is 305 g/mol. The molecule has 22 heavy (non-hydrogen) atoms. The summed E-state index contributed by atoms with van der Waals surface area (Å²) < 4.78 is 10.1. The first kappa shape index (κ1) is 16.2. The minimum atomic E-state index is -1.04. The van der Waals surface area contributed by atoms with Gasteiger partial charge in [-0.05, 0) is 30.6 Å². The Morgan fingerprint density at radius 2 is 2.09 bits per heavy atom. The first-order valence-electron chi connectivity index (χ1n) is 7.15. The fraction of sp³-hybridized carbons (Fsp3) is 0.375. The number of hydrogen-bond acceptors (Lipinski definition) is 5. The number of nitrogens with one attached hydrogen (secondary N) is 1. The fourth-order valence-corrected chi connectivity index (χ4v) is 2.03. The van der Waals surface area contributed by atoms with Gasteiger partial charge in [-0.3, -0.25) is 4.79 Å². The van der Waals surface area contributed by atoms with Crippen molar-refractivity contribution in [1.29, 1.82) is 0 Å². The average Bonchev–Trinajstić information content (AvgIpc) is 2.53. The van der Waals surface area contributed by atoms with Crippen molar-refractivity contribution in [3.05, 3.63) is 48.0 Å². The second-order valence-electron chi connectivity index (χ2n) is 4.91. The van der Waals surface area contributed by atoms with Crippen LogP contribution in [0.2, 0.25) is 0 Å². The Morgan fingerprint density at radius 3 is 2.86 bits per heavy atom. The second-order valence-corrected chi connectivity index (χ2v) is 4.91. The number of benzene rings is 1. The number of hydrogen-bond donors (Lipinski definition) is 2. The third-order valence-electron chi connectivity index (χ3n) is 3.17. The third-order valence-corrected chi connectivity index (χ3v) is 3.17. The van der Waals surface area contributed by atoms with Crippen LogP contribution < -0.4 is 5.32 Å². The summed E-state index contributed by atoms with van der Waals surface area (Å²) in [5.41, 5.74) is 0.916. The number of aliphatic hydroxyl groups is 1. The molecule has 0 bridgehead atoms. The van der Waals surface area contributed by atoms with Gasteiger partial charge in [-0.15, -0.1) is 0 Å². The SMILES string of the molecule is O=C(NCCC[C@H]1OC(O)C=CC1=O)OCc1ccccc1. The Labute approximate surface area is 128 Å². The molecule has 1 aliphatic rings. The van der Waals surface area contributed by atoms with E-state index < -0.39 is 18.5 Å². The normalized spacial score (nSPS) is 20.7. The first-order chi connectivity index (χ1) is 10.6. The van der Waals surface area contributed by atoms with Crippen LogP contribution in [0.5, 0.6) is 0 Å². The Balaban J connectivity index is 1.59. The highest BCUT2D eigenvalue weighted by molar-refractivity contribution is 5.94. The van der Waals surface area contributed by atoms with E-state index in [1.807, 2.05) is 30.3 Å². The summed E-state index contributed by atoms with van der Waals surface area (Å²) in [6.45, 7) is 0.592. The smallest absolute Gasteiger partial charge is 0.407 e. The number of carbonyl (C=O) groups is 2. The molecule has 6 nitrogen and oxygen atoms in total. The van der Waals surface area contributed by atoms with Crippen molar-refractivity contribution < 1.29 is 24.2 Å². The van der Waals surface area contributed by atoms with E-state index in [0.29, 0.717) is 19.4 Å². The lowest BCUT2D eigenvalue weighted by molar-refractivity contribution is -0.148. The van der Waals surface area contributed by atoms with Crippen LogP contribution in [-0.2, 0) is 20.9 Å². The molecular formula is C16H19NO5. The van der Waals surface area contributed by atoms with E-state index in [1.165, 1.54) is 12.2 Å². The second kappa shape index (κ2) is 8.31. The van der Waals surface area contributed by atoms with Gasteiger partial charge < -0.3 is 19.9 Å². The van der Waals surface area contributed by atoms with Crippen LogP contribution in [0.25, 0.3) is 0 Å². The zero-order valence-corrected chi connectivity index (χ0v) is 12.1. The number of aliphatic hydroxyl groups excluding tert-OH is 1. The van der Waals surface area contributed by atoms with Gasteiger partial charge >= 0.3 is 6.09 Å². The summed E-state index contributed by atoms with van der Waals surface area (Å²) in [6, 6.07) is 9.39. The van der Waals surface area contributed by atoms with E-state index in [4.69, 9.17) is 9.47 Å². The molecule has 1 amide bonds. The van der Waals surface area contributed by atoms with Gasteiger partial charge in [0, 0.05) is 6.54 Å². The maximum Gasteiger partial charge on any atom is 0.407 e. The van der Waals surface area contributed by atoms with Gasteiger partial charge in [0.05, 0.1) is 0 Å². The lowest BCUT2D eigenvalue weighted by Gasteiger charge is -2.21. The van der Waals surface area contributed by atoms with Crippen LogP contribution in [0.15, 0.2) is 42.5 Å². The van der Waals surface area contributed by atoms with Crippen LogP contribution in [0, 0.1) is 0 Å². The van der Waals surface area contributed by atoms with E-state index in [-0.39, 0.29) is 12.4 Å². The van der Waals surface area contributed by atoms with Gasteiger partial charge in [0.1, 0.15) is 12.7 Å². The molecule has 0 radical (unpaired) electrons. The summed E-state index contributed by atoms with van der Waals surface area (Å²) in [6.07, 6.45) is 1.42. The molecule has 1 aromatic rings. The summed E-state index contributed by atoms with van der Waals surface area (Å²) in [5.74, 6) is -0.169.